The minimum atomic E-state index is -1.13. The van der Waals surface area contributed by atoms with Crippen LogP contribution in [0.25, 0.3) is 0 Å². The second-order valence-corrected chi connectivity index (χ2v) is 4.03. The third kappa shape index (κ3) is 4.03. The molecule has 0 fully saturated rings. The standard InChI is InChI=1S/C13H16FNO4/c1-9-10(4-3-5-11(9)14)13(18)15(6-7-19-2)8-12(16)17/h3-5H,6-8H2,1-2H3,(H,16,17). The van der Waals surface area contributed by atoms with E-state index in [4.69, 9.17) is 9.84 Å². The van der Waals surface area contributed by atoms with Crippen LogP contribution in [0.15, 0.2) is 18.2 Å². The van der Waals surface area contributed by atoms with Gasteiger partial charge in [-0.2, -0.15) is 0 Å². The van der Waals surface area contributed by atoms with Crippen LogP contribution in [0.3, 0.4) is 0 Å². The molecule has 0 aromatic heterocycles. The molecule has 19 heavy (non-hydrogen) atoms. The van der Waals surface area contributed by atoms with Crippen LogP contribution in [0.2, 0.25) is 0 Å². The van der Waals surface area contributed by atoms with Crippen molar-refractivity contribution in [2.75, 3.05) is 26.8 Å². The molecular weight excluding hydrogens is 253 g/mol. The highest BCUT2D eigenvalue weighted by atomic mass is 19.1. The first-order chi connectivity index (χ1) is 8.97. The molecule has 0 aliphatic heterocycles. The third-order valence-corrected chi connectivity index (χ3v) is 2.68. The van der Waals surface area contributed by atoms with Crippen molar-refractivity contribution in [2.24, 2.45) is 0 Å². The summed E-state index contributed by atoms with van der Waals surface area (Å²) in [6.07, 6.45) is 0. The van der Waals surface area contributed by atoms with E-state index in [9.17, 15) is 14.0 Å². The molecule has 1 amide bonds. The highest BCUT2D eigenvalue weighted by Crippen LogP contribution is 2.14. The van der Waals surface area contributed by atoms with Crippen LogP contribution < -0.4 is 0 Å². The number of amides is 1. The fourth-order valence-corrected chi connectivity index (χ4v) is 1.63. The maximum Gasteiger partial charge on any atom is 0.323 e. The second-order valence-electron chi connectivity index (χ2n) is 4.03. The van der Waals surface area contributed by atoms with Crippen LogP contribution in [0, 0.1) is 12.7 Å². The zero-order valence-corrected chi connectivity index (χ0v) is 10.9. The minimum absolute atomic E-state index is 0.136. The topological polar surface area (TPSA) is 66.8 Å². The SMILES string of the molecule is COCCN(CC(=O)O)C(=O)c1cccc(F)c1C. The number of aliphatic carboxylic acids is 1. The summed E-state index contributed by atoms with van der Waals surface area (Å²) < 4.78 is 18.2. The van der Waals surface area contributed by atoms with Gasteiger partial charge in [0.25, 0.3) is 5.91 Å². The van der Waals surface area contributed by atoms with Crippen LogP contribution >= 0.6 is 0 Å². The van der Waals surface area contributed by atoms with Gasteiger partial charge in [0.1, 0.15) is 12.4 Å². The Labute approximate surface area is 110 Å². The zero-order valence-electron chi connectivity index (χ0n) is 10.9. The Hall–Kier alpha value is -1.95. The van der Waals surface area contributed by atoms with Gasteiger partial charge in [-0.25, -0.2) is 4.39 Å². The summed E-state index contributed by atoms with van der Waals surface area (Å²) in [7, 11) is 1.46. The van der Waals surface area contributed by atoms with Gasteiger partial charge < -0.3 is 14.7 Å². The fraction of sp³-hybridized carbons (Fsp3) is 0.385. The fourth-order valence-electron chi connectivity index (χ4n) is 1.63. The number of carbonyl (C=O) groups excluding carboxylic acids is 1. The van der Waals surface area contributed by atoms with Crippen molar-refractivity contribution in [3.05, 3.63) is 35.1 Å². The normalized spacial score (nSPS) is 10.3. The molecule has 0 spiro atoms. The number of benzene rings is 1. The Kier molecular flexibility index (Phi) is 5.44. The molecule has 0 heterocycles. The van der Waals surface area contributed by atoms with Crippen molar-refractivity contribution in [3.8, 4) is 0 Å². The molecule has 1 aromatic carbocycles. The highest BCUT2D eigenvalue weighted by Gasteiger charge is 2.20. The van der Waals surface area contributed by atoms with Crippen molar-refractivity contribution in [3.63, 3.8) is 0 Å². The largest absolute Gasteiger partial charge is 0.480 e. The lowest BCUT2D eigenvalue weighted by Gasteiger charge is -2.21. The molecule has 0 bridgehead atoms. The van der Waals surface area contributed by atoms with E-state index in [-0.39, 0.29) is 24.3 Å². The summed E-state index contributed by atoms with van der Waals surface area (Å²) in [5.74, 6) is -2.14. The molecule has 5 nitrogen and oxygen atoms in total. The molecule has 0 unspecified atom stereocenters. The van der Waals surface area contributed by atoms with Gasteiger partial charge in [-0.3, -0.25) is 9.59 Å². The van der Waals surface area contributed by atoms with E-state index in [1.807, 2.05) is 0 Å². The monoisotopic (exact) mass is 269 g/mol. The van der Waals surface area contributed by atoms with Gasteiger partial charge in [0.15, 0.2) is 0 Å². The molecule has 0 aliphatic carbocycles. The van der Waals surface area contributed by atoms with Crippen LogP contribution in [0.1, 0.15) is 15.9 Å². The lowest BCUT2D eigenvalue weighted by Crippen LogP contribution is -2.38. The number of hydrogen-bond acceptors (Lipinski definition) is 3. The minimum Gasteiger partial charge on any atom is -0.480 e. The van der Waals surface area contributed by atoms with Crippen molar-refractivity contribution in [2.45, 2.75) is 6.92 Å². The molecule has 0 radical (unpaired) electrons. The van der Waals surface area contributed by atoms with E-state index in [0.29, 0.717) is 0 Å². The first-order valence-corrected chi connectivity index (χ1v) is 5.72. The Morgan fingerprint density at radius 3 is 2.68 bits per heavy atom. The molecule has 1 aromatic rings. The Bertz CT molecular complexity index is 476. The smallest absolute Gasteiger partial charge is 0.323 e. The number of methoxy groups -OCH3 is 1. The van der Waals surface area contributed by atoms with E-state index in [0.717, 1.165) is 4.90 Å². The van der Waals surface area contributed by atoms with Gasteiger partial charge in [-0.05, 0) is 24.6 Å². The molecule has 1 N–H and O–H groups in total. The summed E-state index contributed by atoms with van der Waals surface area (Å²) in [4.78, 5) is 24.1. The summed E-state index contributed by atoms with van der Waals surface area (Å²) in [5, 5.41) is 8.79. The quantitative estimate of drug-likeness (QED) is 0.845. The summed E-state index contributed by atoms with van der Waals surface area (Å²) in [5.41, 5.74) is 0.373. The second kappa shape index (κ2) is 6.84. The maximum absolute atomic E-state index is 13.4. The number of hydrogen-bond donors (Lipinski definition) is 1. The first-order valence-electron chi connectivity index (χ1n) is 5.72. The third-order valence-electron chi connectivity index (χ3n) is 2.68. The van der Waals surface area contributed by atoms with Crippen molar-refractivity contribution < 1.29 is 23.8 Å². The molecule has 104 valence electrons. The maximum atomic E-state index is 13.4. The first kappa shape index (κ1) is 15.1. The van der Waals surface area contributed by atoms with Crippen molar-refractivity contribution >= 4 is 11.9 Å². The molecule has 6 heteroatoms. The Balaban J connectivity index is 2.97. The Morgan fingerprint density at radius 2 is 2.11 bits per heavy atom. The molecule has 1 rings (SSSR count). The Morgan fingerprint density at radius 1 is 1.42 bits per heavy atom. The number of ether oxygens (including phenoxy) is 1. The number of halogens is 1. The predicted molar refractivity (Wildman–Crippen MR) is 66.6 cm³/mol. The predicted octanol–water partition coefficient (Wildman–Crippen LogP) is 1.31. The van der Waals surface area contributed by atoms with Gasteiger partial charge in [0, 0.05) is 19.2 Å². The average Bonchev–Trinajstić information content (AvgIpc) is 2.36. The van der Waals surface area contributed by atoms with Gasteiger partial charge in [0.05, 0.1) is 6.61 Å². The van der Waals surface area contributed by atoms with Crippen LogP contribution in [-0.2, 0) is 9.53 Å². The van der Waals surface area contributed by atoms with Crippen molar-refractivity contribution in [1.29, 1.82) is 0 Å². The molecule has 0 aliphatic rings. The highest BCUT2D eigenvalue weighted by molar-refractivity contribution is 5.97. The average molecular weight is 269 g/mol. The lowest BCUT2D eigenvalue weighted by molar-refractivity contribution is -0.137. The zero-order chi connectivity index (χ0) is 14.4. The molecule has 0 atom stereocenters. The number of rotatable bonds is 6. The summed E-state index contributed by atoms with van der Waals surface area (Å²) >= 11 is 0. The van der Waals surface area contributed by atoms with Crippen LogP contribution in [0.4, 0.5) is 4.39 Å². The lowest BCUT2D eigenvalue weighted by atomic mass is 10.1. The van der Waals surface area contributed by atoms with Gasteiger partial charge in [-0.15, -0.1) is 0 Å². The van der Waals surface area contributed by atoms with Gasteiger partial charge in [-0.1, -0.05) is 6.07 Å². The van der Waals surface area contributed by atoms with E-state index >= 15 is 0 Å². The number of nitrogens with zero attached hydrogens (tertiary/aromatic N) is 1. The molecular formula is C13H16FNO4. The van der Waals surface area contributed by atoms with Crippen molar-refractivity contribution in [1.82, 2.24) is 4.90 Å². The number of carboxylic acids is 1. The molecule has 0 saturated heterocycles. The van der Waals surface area contributed by atoms with Gasteiger partial charge in [0.2, 0.25) is 0 Å². The summed E-state index contributed by atoms with van der Waals surface area (Å²) in [6.45, 7) is 1.39. The van der Waals surface area contributed by atoms with Crippen LogP contribution in [0.5, 0.6) is 0 Å². The van der Waals surface area contributed by atoms with Crippen LogP contribution in [-0.4, -0.2) is 48.7 Å². The van der Waals surface area contributed by atoms with E-state index in [1.54, 1.807) is 0 Å². The number of carbonyl (C=O) groups is 2. The summed E-state index contributed by atoms with van der Waals surface area (Å²) in [6, 6.07) is 4.15. The molecule has 0 saturated carbocycles. The van der Waals surface area contributed by atoms with E-state index in [2.05, 4.69) is 0 Å². The van der Waals surface area contributed by atoms with E-state index in [1.165, 1.54) is 32.2 Å². The van der Waals surface area contributed by atoms with E-state index < -0.39 is 24.2 Å². The number of carboxylic acid groups (broad SMARTS) is 1. The van der Waals surface area contributed by atoms with Gasteiger partial charge >= 0.3 is 5.97 Å².